The van der Waals surface area contributed by atoms with E-state index in [9.17, 15) is 10.2 Å². The van der Waals surface area contributed by atoms with Crippen molar-refractivity contribution in [2.75, 3.05) is 6.61 Å². The number of thioether (sulfide) groups is 1. The molecule has 6 unspecified atom stereocenters. The molecule has 0 spiro atoms. The summed E-state index contributed by atoms with van der Waals surface area (Å²) in [5.74, 6) is 0. The highest BCUT2D eigenvalue weighted by Gasteiger charge is 2.49. The van der Waals surface area contributed by atoms with E-state index in [1.54, 1.807) is 0 Å². The van der Waals surface area contributed by atoms with Crippen LogP contribution in [0.25, 0.3) is 0 Å². The molecule has 25 heavy (non-hydrogen) atoms. The molecule has 4 rings (SSSR count). The first-order valence-corrected chi connectivity index (χ1v) is 9.15. The zero-order chi connectivity index (χ0) is 17.2. The standard InChI is InChI=1S/C19H20O5S/c20-15-16(21)19(25-13-9-5-2-6-10-13)23-14-11-22-18(24-17(14)15)12-7-3-1-4-8-12/h1-10,14-21H,11H2. The summed E-state index contributed by atoms with van der Waals surface area (Å²) in [6, 6.07) is 19.2. The van der Waals surface area contributed by atoms with Crippen LogP contribution in [0.1, 0.15) is 11.9 Å². The molecule has 0 amide bonds. The molecule has 5 nitrogen and oxygen atoms in total. The molecule has 2 aromatic rings. The third-order valence-corrected chi connectivity index (χ3v) is 5.57. The van der Waals surface area contributed by atoms with Gasteiger partial charge in [-0.15, -0.1) is 0 Å². The first kappa shape index (κ1) is 17.0. The smallest absolute Gasteiger partial charge is 0.184 e. The minimum absolute atomic E-state index is 0.305. The minimum atomic E-state index is -1.04. The highest BCUT2D eigenvalue weighted by Crippen LogP contribution is 2.38. The average molecular weight is 360 g/mol. The number of benzene rings is 2. The highest BCUT2D eigenvalue weighted by atomic mass is 32.2. The molecular formula is C19H20O5S. The van der Waals surface area contributed by atoms with Crippen molar-refractivity contribution in [1.82, 2.24) is 0 Å². The lowest BCUT2D eigenvalue weighted by atomic mass is 9.99. The Labute approximate surface area is 150 Å². The maximum Gasteiger partial charge on any atom is 0.184 e. The molecule has 6 atom stereocenters. The van der Waals surface area contributed by atoms with Gasteiger partial charge in [0.15, 0.2) is 6.29 Å². The van der Waals surface area contributed by atoms with Crippen LogP contribution in [-0.2, 0) is 14.2 Å². The molecule has 2 heterocycles. The Morgan fingerprint density at radius 1 is 0.840 bits per heavy atom. The molecule has 132 valence electrons. The quantitative estimate of drug-likeness (QED) is 0.876. The van der Waals surface area contributed by atoms with Gasteiger partial charge >= 0.3 is 0 Å². The van der Waals surface area contributed by atoms with Gasteiger partial charge in [-0.25, -0.2) is 0 Å². The van der Waals surface area contributed by atoms with E-state index in [1.807, 2.05) is 60.7 Å². The van der Waals surface area contributed by atoms with Crippen molar-refractivity contribution in [1.29, 1.82) is 0 Å². The molecule has 2 saturated heterocycles. The Kier molecular flexibility index (Phi) is 5.08. The fourth-order valence-electron chi connectivity index (χ4n) is 3.09. The molecule has 0 bridgehead atoms. The van der Waals surface area contributed by atoms with Crippen LogP contribution in [0.2, 0.25) is 0 Å². The second kappa shape index (κ2) is 7.45. The highest BCUT2D eigenvalue weighted by molar-refractivity contribution is 7.99. The van der Waals surface area contributed by atoms with Gasteiger partial charge in [-0.2, -0.15) is 0 Å². The van der Waals surface area contributed by atoms with Crippen molar-refractivity contribution < 1.29 is 24.4 Å². The number of aliphatic hydroxyl groups excluding tert-OH is 2. The van der Waals surface area contributed by atoms with Gasteiger partial charge in [0, 0.05) is 10.5 Å². The fraction of sp³-hybridized carbons (Fsp3) is 0.368. The predicted octanol–water partition coefficient (Wildman–Crippen LogP) is 2.34. The molecule has 2 aromatic carbocycles. The van der Waals surface area contributed by atoms with Gasteiger partial charge in [0.25, 0.3) is 0 Å². The monoisotopic (exact) mass is 360 g/mol. The molecule has 0 aliphatic carbocycles. The van der Waals surface area contributed by atoms with Gasteiger partial charge in [0.1, 0.15) is 29.9 Å². The first-order valence-electron chi connectivity index (χ1n) is 8.28. The van der Waals surface area contributed by atoms with Gasteiger partial charge in [-0.05, 0) is 12.1 Å². The van der Waals surface area contributed by atoms with Crippen molar-refractivity contribution in [3.05, 3.63) is 66.2 Å². The van der Waals surface area contributed by atoms with Gasteiger partial charge < -0.3 is 24.4 Å². The molecule has 0 saturated carbocycles. The summed E-state index contributed by atoms with van der Waals surface area (Å²) in [4.78, 5) is 0.969. The molecular weight excluding hydrogens is 340 g/mol. The SMILES string of the molecule is OC1C(Sc2ccccc2)OC2COC(c3ccccc3)OC2C1O. The maximum atomic E-state index is 10.6. The van der Waals surface area contributed by atoms with Crippen molar-refractivity contribution in [2.24, 2.45) is 0 Å². The van der Waals surface area contributed by atoms with E-state index in [4.69, 9.17) is 14.2 Å². The van der Waals surface area contributed by atoms with E-state index in [1.165, 1.54) is 11.8 Å². The van der Waals surface area contributed by atoms with E-state index in [0.29, 0.717) is 6.61 Å². The maximum absolute atomic E-state index is 10.6. The van der Waals surface area contributed by atoms with Gasteiger partial charge in [0.2, 0.25) is 0 Å². The van der Waals surface area contributed by atoms with Crippen LogP contribution in [0.4, 0.5) is 0 Å². The van der Waals surface area contributed by atoms with Gasteiger partial charge in [-0.1, -0.05) is 60.3 Å². The molecule has 2 N–H and O–H groups in total. The normalized spacial score (nSPS) is 35.1. The van der Waals surface area contributed by atoms with E-state index in [2.05, 4.69) is 0 Å². The molecule has 0 radical (unpaired) electrons. The third kappa shape index (κ3) is 3.60. The molecule has 0 aromatic heterocycles. The van der Waals surface area contributed by atoms with Crippen LogP contribution in [0.3, 0.4) is 0 Å². The van der Waals surface area contributed by atoms with Crippen LogP contribution in [0.5, 0.6) is 0 Å². The van der Waals surface area contributed by atoms with Crippen molar-refractivity contribution in [3.8, 4) is 0 Å². The summed E-state index contributed by atoms with van der Waals surface area (Å²) in [6.07, 6.45) is -3.68. The predicted molar refractivity (Wildman–Crippen MR) is 93.0 cm³/mol. The summed E-state index contributed by atoms with van der Waals surface area (Å²) >= 11 is 1.39. The minimum Gasteiger partial charge on any atom is -0.387 e. The lowest BCUT2D eigenvalue weighted by molar-refractivity contribution is -0.318. The second-order valence-corrected chi connectivity index (χ2v) is 7.30. The zero-order valence-corrected chi connectivity index (χ0v) is 14.3. The number of aliphatic hydroxyl groups is 2. The summed E-state index contributed by atoms with van der Waals surface area (Å²) in [6.45, 7) is 0.305. The largest absolute Gasteiger partial charge is 0.387 e. The number of hydrogen-bond acceptors (Lipinski definition) is 6. The van der Waals surface area contributed by atoms with Gasteiger partial charge in [0.05, 0.1) is 6.61 Å². The van der Waals surface area contributed by atoms with Crippen LogP contribution in [0, 0.1) is 0 Å². The van der Waals surface area contributed by atoms with Gasteiger partial charge in [-0.3, -0.25) is 0 Å². The van der Waals surface area contributed by atoms with E-state index >= 15 is 0 Å². The Morgan fingerprint density at radius 2 is 1.52 bits per heavy atom. The van der Waals surface area contributed by atoms with Crippen LogP contribution in [0.15, 0.2) is 65.6 Å². The zero-order valence-electron chi connectivity index (χ0n) is 13.5. The lowest BCUT2D eigenvalue weighted by Crippen LogP contribution is -2.60. The van der Waals surface area contributed by atoms with Crippen LogP contribution in [-0.4, -0.2) is 46.7 Å². The number of ether oxygens (including phenoxy) is 3. The summed E-state index contributed by atoms with van der Waals surface area (Å²) < 4.78 is 17.6. The Bertz CT molecular complexity index is 681. The molecule has 2 fully saturated rings. The average Bonchev–Trinajstić information content (AvgIpc) is 2.67. The lowest BCUT2D eigenvalue weighted by Gasteiger charge is -2.46. The summed E-state index contributed by atoms with van der Waals surface area (Å²) in [7, 11) is 0. The van der Waals surface area contributed by atoms with Crippen LogP contribution >= 0.6 is 11.8 Å². The topological polar surface area (TPSA) is 68.2 Å². The van der Waals surface area contributed by atoms with Crippen molar-refractivity contribution >= 4 is 11.8 Å². The van der Waals surface area contributed by atoms with Crippen LogP contribution < -0.4 is 0 Å². The Hall–Kier alpha value is -1.41. The van der Waals surface area contributed by atoms with E-state index < -0.39 is 36.1 Å². The second-order valence-electron chi connectivity index (χ2n) is 6.13. The Morgan fingerprint density at radius 3 is 2.24 bits per heavy atom. The van der Waals surface area contributed by atoms with Crippen molar-refractivity contribution in [2.45, 2.75) is 41.0 Å². The first-order chi connectivity index (χ1) is 12.2. The fourth-order valence-corrected chi connectivity index (χ4v) is 4.17. The Balaban J connectivity index is 1.46. The molecule has 6 heteroatoms. The van der Waals surface area contributed by atoms with Crippen molar-refractivity contribution in [3.63, 3.8) is 0 Å². The molecule has 2 aliphatic heterocycles. The molecule has 2 aliphatic rings. The summed E-state index contributed by atoms with van der Waals surface area (Å²) in [5, 5.41) is 21.0. The number of fused-ring (bicyclic) bond motifs is 1. The third-order valence-electron chi connectivity index (χ3n) is 4.40. The summed E-state index contributed by atoms with van der Waals surface area (Å²) in [5.41, 5.74) is 0.308. The number of hydrogen-bond donors (Lipinski definition) is 2. The van der Waals surface area contributed by atoms with E-state index in [0.717, 1.165) is 10.5 Å². The van der Waals surface area contributed by atoms with E-state index in [-0.39, 0.29) is 0 Å². The number of rotatable bonds is 3.